The number of esters is 1. The predicted molar refractivity (Wildman–Crippen MR) is 170 cm³/mol. The molecular weight excluding hydrogens is 464 g/mol. The topological polar surface area (TPSA) is 26.3 Å². The van der Waals surface area contributed by atoms with Crippen LogP contribution in [-0.2, 0) is 9.53 Å². The maximum absolute atomic E-state index is 11.9. The molecule has 0 aromatic rings. The molecule has 0 amide bonds. The minimum atomic E-state index is 0.0204. The average molecular weight is 535 g/mol. The number of allylic oxidation sites excluding steroid dienone is 2. The monoisotopic (exact) mass is 535 g/mol. The smallest absolute Gasteiger partial charge is 0.305 e. The van der Waals surface area contributed by atoms with E-state index in [0.29, 0.717) is 13.0 Å². The molecular formula is C36H70O2. The van der Waals surface area contributed by atoms with Gasteiger partial charge in [0.2, 0.25) is 0 Å². The molecule has 2 nitrogen and oxygen atoms in total. The second kappa shape index (κ2) is 32.4. The molecule has 226 valence electrons. The second-order valence-electron chi connectivity index (χ2n) is 12.3. The summed E-state index contributed by atoms with van der Waals surface area (Å²) in [4.78, 5) is 11.9. The quantitative estimate of drug-likeness (QED) is 0.0502. The normalized spacial score (nSPS) is 11.7. The lowest BCUT2D eigenvalue weighted by atomic mass is 10.0. The van der Waals surface area contributed by atoms with Gasteiger partial charge in [-0.25, -0.2) is 0 Å². The molecule has 0 fully saturated rings. The van der Waals surface area contributed by atoms with Crippen molar-refractivity contribution < 1.29 is 9.53 Å². The third kappa shape index (κ3) is 33.2. The van der Waals surface area contributed by atoms with Crippen LogP contribution in [0.1, 0.15) is 201 Å². The van der Waals surface area contributed by atoms with E-state index in [1.807, 2.05) is 0 Å². The Hall–Kier alpha value is -0.790. The van der Waals surface area contributed by atoms with Gasteiger partial charge in [-0.3, -0.25) is 4.79 Å². The molecule has 0 rings (SSSR count). The van der Waals surface area contributed by atoms with Gasteiger partial charge in [0.15, 0.2) is 0 Å². The van der Waals surface area contributed by atoms with Crippen LogP contribution in [0.3, 0.4) is 0 Å². The first-order valence-electron chi connectivity index (χ1n) is 17.5. The Morgan fingerprint density at radius 3 is 1.39 bits per heavy atom. The van der Waals surface area contributed by atoms with E-state index in [4.69, 9.17) is 4.74 Å². The zero-order valence-corrected chi connectivity index (χ0v) is 26.6. The number of unbranched alkanes of at least 4 members (excludes halogenated alkanes) is 23. The van der Waals surface area contributed by atoms with Crippen LogP contribution in [-0.4, -0.2) is 12.6 Å². The van der Waals surface area contributed by atoms with Gasteiger partial charge in [0, 0.05) is 6.42 Å². The van der Waals surface area contributed by atoms with E-state index in [9.17, 15) is 4.79 Å². The van der Waals surface area contributed by atoms with Crippen molar-refractivity contribution in [2.24, 2.45) is 5.92 Å². The van der Waals surface area contributed by atoms with Crippen molar-refractivity contribution in [2.75, 3.05) is 6.61 Å². The van der Waals surface area contributed by atoms with Crippen molar-refractivity contribution in [1.82, 2.24) is 0 Å². The first-order chi connectivity index (χ1) is 18.7. The maximum atomic E-state index is 11.9. The Morgan fingerprint density at radius 1 is 0.526 bits per heavy atom. The van der Waals surface area contributed by atoms with Crippen LogP contribution in [0.5, 0.6) is 0 Å². The second-order valence-corrected chi connectivity index (χ2v) is 12.3. The summed E-state index contributed by atoms with van der Waals surface area (Å²) < 4.78 is 5.43. The predicted octanol–water partition coefficient (Wildman–Crippen LogP) is 12.7. The van der Waals surface area contributed by atoms with E-state index in [-0.39, 0.29) is 5.97 Å². The Bertz CT molecular complexity index is 482. The molecule has 0 heterocycles. The molecule has 38 heavy (non-hydrogen) atoms. The maximum Gasteiger partial charge on any atom is 0.305 e. The van der Waals surface area contributed by atoms with Crippen molar-refractivity contribution in [2.45, 2.75) is 201 Å². The number of hydrogen-bond donors (Lipinski definition) is 0. The molecule has 0 atom stereocenters. The number of ether oxygens (including phenoxy) is 1. The Labute approximate surface area is 240 Å². The zero-order valence-electron chi connectivity index (χ0n) is 26.6. The van der Waals surface area contributed by atoms with Crippen LogP contribution in [0.2, 0.25) is 0 Å². The summed E-state index contributed by atoms with van der Waals surface area (Å²) in [5.41, 5.74) is 0. The first kappa shape index (κ1) is 37.2. The van der Waals surface area contributed by atoms with Crippen molar-refractivity contribution >= 4 is 5.97 Å². The summed E-state index contributed by atoms with van der Waals surface area (Å²) in [5, 5.41) is 0. The fourth-order valence-corrected chi connectivity index (χ4v) is 5.20. The highest BCUT2D eigenvalue weighted by Gasteiger charge is 2.03. The van der Waals surface area contributed by atoms with Crippen molar-refractivity contribution in [1.29, 1.82) is 0 Å². The zero-order chi connectivity index (χ0) is 27.8. The third-order valence-corrected chi connectivity index (χ3v) is 7.83. The van der Waals surface area contributed by atoms with E-state index in [1.165, 1.54) is 161 Å². The number of carbonyl (C=O) groups excluding carboxylic acids is 1. The van der Waals surface area contributed by atoms with Crippen LogP contribution in [0.15, 0.2) is 12.2 Å². The van der Waals surface area contributed by atoms with E-state index in [1.54, 1.807) is 0 Å². The Kier molecular flexibility index (Phi) is 31.7. The molecule has 0 aromatic carbocycles. The highest BCUT2D eigenvalue weighted by atomic mass is 16.5. The van der Waals surface area contributed by atoms with Crippen molar-refractivity contribution in [3.05, 3.63) is 12.2 Å². The van der Waals surface area contributed by atoms with E-state index in [0.717, 1.165) is 18.8 Å². The molecule has 0 aliphatic carbocycles. The van der Waals surface area contributed by atoms with Gasteiger partial charge in [-0.05, 0) is 44.4 Å². The molecule has 0 bridgehead atoms. The van der Waals surface area contributed by atoms with Gasteiger partial charge in [0.05, 0.1) is 6.61 Å². The van der Waals surface area contributed by atoms with Gasteiger partial charge in [-0.1, -0.05) is 168 Å². The van der Waals surface area contributed by atoms with Crippen LogP contribution in [0, 0.1) is 5.92 Å². The molecule has 0 aromatic heterocycles. The van der Waals surface area contributed by atoms with Gasteiger partial charge < -0.3 is 4.74 Å². The van der Waals surface area contributed by atoms with Crippen LogP contribution in [0.4, 0.5) is 0 Å². The number of carbonyl (C=O) groups is 1. The minimum Gasteiger partial charge on any atom is -0.466 e. The van der Waals surface area contributed by atoms with Gasteiger partial charge in [-0.2, -0.15) is 0 Å². The lowest BCUT2D eigenvalue weighted by Crippen LogP contribution is -2.05. The summed E-state index contributed by atoms with van der Waals surface area (Å²) >= 11 is 0. The SMILES string of the molecule is CCCCCCCCC=CCCCCCCCCCCCCOC(=O)CCCCCCCCCCC(C)C. The summed E-state index contributed by atoms with van der Waals surface area (Å²) in [6.07, 6.45) is 41.3. The summed E-state index contributed by atoms with van der Waals surface area (Å²) in [7, 11) is 0. The standard InChI is InChI=1S/C36H70O2/c1-4-5-6-7-8-9-10-11-12-13-14-15-16-17-18-19-22-25-28-31-34-38-36(37)33-30-27-24-21-20-23-26-29-32-35(2)3/h11-12,35H,4-10,13-34H2,1-3H3. The molecule has 0 radical (unpaired) electrons. The first-order valence-corrected chi connectivity index (χ1v) is 17.5. The van der Waals surface area contributed by atoms with Gasteiger partial charge in [-0.15, -0.1) is 0 Å². The molecule has 0 saturated carbocycles. The van der Waals surface area contributed by atoms with Crippen molar-refractivity contribution in [3.8, 4) is 0 Å². The van der Waals surface area contributed by atoms with Gasteiger partial charge in [0.1, 0.15) is 0 Å². The Morgan fingerprint density at radius 2 is 0.921 bits per heavy atom. The van der Waals surface area contributed by atoms with Crippen LogP contribution < -0.4 is 0 Å². The highest BCUT2D eigenvalue weighted by Crippen LogP contribution is 2.14. The minimum absolute atomic E-state index is 0.0204. The number of rotatable bonds is 31. The van der Waals surface area contributed by atoms with Gasteiger partial charge >= 0.3 is 5.97 Å². The molecule has 0 aliphatic heterocycles. The van der Waals surface area contributed by atoms with Crippen molar-refractivity contribution in [3.63, 3.8) is 0 Å². The van der Waals surface area contributed by atoms with Gasteiger partial charge in [0.25, 0.3) is 0 Å². The lowest BCUT2D eigenvalue weighted by molar-refractivity contribution is -0.143. The Balaban J connectivity index is 3.18. The van der Waals surface area contributed by atoms with Crippen LogP contribution in [0.25, 0.3) is 0 Å². The largest absolute Gasteiger partial charge is 0.466 e. The summed E-state index contributed by atoms with van der Waals surface area (Å²) in [6.45, 7) is 7.54. The van der Waals surface area contributed by atoms with Crippen LogP contribution >= 0.6 is 0 Å². The van der Waals surface area contributed by atoms with E-state index < -0.39 is 0 Å². The lowest BCUT2D eigenvalue weighted by Gasteiger charge is -2.06. The fraction of sp³-hybridized carbons (Fsp3) is 0.917. The molecule has 0 spiro atoms. The molecule has 0 N–H and O–H groups in total. The third-order valence-electron chi connectivity index (χ3n) is 7.83. The van der Waals surface area contributed by atoms with E-state index in [2.05, 4.69) is 32.9 Å². The van der Waals surface area contributed by atoms with E-state index >= 15 is 0 Å². The summed E-state index contributed by atoms with van der Waals surface area (Å²) in [5.74, 6) is 0.869. The molecule has 2 heteroatoms. The average Bonchev–Trinajstić information content (AvgIpc) is 2.90. The summed E-state index contributed by atoms with van der Waals surface area (Å²) in [6, 6.07) is 0. The fourth-order valence-electron chi connectivity index (χ4n) is 5.20. The highest BCUT2D eigenvalue weighted by molar-refractivity contribution is 5.69. The molecule has 0 aliphatic rings. The molecule has 0 unspecified atom stereocenters. The molecule has 0 saturated heterocycles. The number of hydrogen-bond acceptors (Lipinski definition) is 2.